The van der Waals surface area contributed by atoms with E-state index in [4.69, 9.17) is 5.11 Å². The maximum absolute atomic E-state index is 13.2. The van der Waals surface area contributed by atoms with Crippen LogP contribution in [0.15, 0.2) is 5.38 Å². The Bertz CT molecular complexity index is 685. The Labute approximate surface area is 141 Å². The lowest BCUT2D eigenvalue weighted by Crippen LogP contribution is -2.47. The maximum atomic E-state index is 13.2. The molecule has 132 valence electrons. The van der Waals surface area contributed by atoms with Crippen LogP contribution in [-0.4, -0.2) is 41.1 Å². The molecule has 0 bridgehead atoms. The van der Waals surface area contributed by atoms with Gasteiger partial charge in [0.05, 0.1) is 5.56 Å². The minimum atomic E-state index is -4.88. The quantitative estimate of drug-likeness (QED) is 0.879. The molecule has 3 rings (SSSR count). The monoisotopic (exact) mass is 361 g/mol. The summed E-state index contributed by atoms with van der Waals surface area (Å²) in [5, 5.41) is 10.8. The lowest BCUT2D eigenvalue weighted by molar-refractivity contribution is -0.227. The van der Waals surface area contributed by atoms with Gasteiger partial charge >= 0.3 is 12.1 Å². The second-order valence-electron chi connectivity index (χ2n) is 6.76. The molecule has 4 nitrogen and oxygen atoms in total. The van der Waals surface area contributed by atoms with Crippen molar-refractivity contribution in [2.75, 3.05) is 13.1 Å². The molecule has 24 heavy (non-hydrogen) atoms. The fourth-order valence-electron chi connectivity index (χ4n) is 3.54. The Morgan fingerprint density at radius 1 is 1.42 bits per heavy atom. The fourth-order valence-corrected chi connectivity index (χ4v) is 4.78. The zero-order valence-electron chi connectivity index (χ0n) is 13.2. The number of hydrogen-bond donors (Lipinski definition) is 1. The van der Waals surface area contributed by atoms with Crippen LogP contribution < -0.4 is 0 Å². The molecule has 2 unspecified atom stereocenters. The van der Waals surface area contributed by atoms with Gasteiger partial charge in [-0.25, -0.2) is 0 Å². The smallest absolute Gasteiger partial charge is 0.406 e. The third-order valence-electron chi connectivity index (χ3n) is 5.14. The summed E-state index contributed by atoms with van der Waals surface area (Å²) >= 11 is 1.47. The number of thiophene rings is 1. The van der Waals surface area contributed by atoms with Crippen molar-refractivity contribution in [1.29, 1.82) is 0 Å². The Kier molecular flexibility index (Phi) is 4.14. The standard InChI is InChI=1S/C16H18F3NO3S/c1-9-2-3-10-11(7-24-12(10)6-9)13(21)20-5-4-15(8-20,14(22)23)16(17,18)19/h7,9H,2-6,8H2,1H3,(H,22,23). The van der Waals surface area contributed by atoms with Gasteiger partial charge in [0.15, 0.2) is 5.41 Å². The first-order valence-corrected chi connectivity index (χ1v) is 8.72. The van der Waals surface area contributed by atoms with E-state index < -0.39 is 36.4 Å². The number of carboxylic acid groups (broad SMARTS) is 1. The molecule has 8 heteroatoms. The zero-order valence-corrected chi connectivity index (χ0v) is 14.0. The number of carbonyl (C=O) groups excluding carboxylic acids is 1. The van der Waals surface area contributed by atoms with Crippen molar-refractivity contribution in [2.45, 2.75) is 38.8 Å². The van der Waals surface area contributed by atoms with Gasteiger partial charge in [-0.15, -0.1) is 11.3 Å². The van der Waals surface area contributed by atoms with Gasteiger partial charge in [0.2, 0.25) is 0 Å². The molecule has 0 saturated carbocycles. The topological polar surface area (TPSA) is 57.6 Å². The van der Waals surface area contributed by atoms with Gasteiger partial charge in [-0.1, -0.05) is 6.92 Å². The Morgan fingerprint density at radius 2 is 2.12 bits per heavy atom. The number of amides is 1. The van der Waals surface area contributed by atoms with Crippen LogP contribution in [0.5, 0.6) is 0 Å². The predicted octanol–water partition coefficient (Wildman–Crippen LogP) is 3.35. The van der Waals surface area contributed by atoms with Crippen LogP contribution in [0.4, 0.5) is 13.2 Å². The summed E-state index contributed by atoms with van der Waals surface area (Å²) in [6, 6.07) is 0. The number of nitrogens with zero attached hydrogens (tertiary/aromatic N) is 1. The number of carboxylic acids is 1. The van der Waals surface area contributed by atoms with Crippen molar-refractivity contribution < 1.29 is 27.9 Å². The second-order valence-corrected chi connectivity index (χ2v) is 7.73. The molecule has 0 spiro atoms. The highest BCUT2D eigenvalue weighted by atomic mass is 32.1. The summed E-state index contributed by atoms with van der Waals surface area (Å²) in [6.07, 6.45) is -2.89. The van der Waals surface area contributed by atoms with Gasteiger partial charge in [-0.2, -0.15) is 13.2 Å². The van der Waals surface area contributed by atoms with Crippen molar-refractivity contribution in [3.63, 3.8) is 0 Å². The molecule has 1 aromatic heterocycles. The molecule has 1 aliphatic heterocycles. The van der Waals surface area contributed by atoms with Gasteiger partial charge in [0.1, 0.15) is 0 Å². The number of fused-ring (bicyclic) bond motifs is 1. The zero-order chi connectivity index (χ0) is 17.7. The average Bonchev–Trinajstić information content (AvgIpc) is 3.10. The van der Waals surface area contributed by atoms with Crippen LogP contribution in [0.1, 0.15) is 40.6 Å². The molecule has 0 aromatic carbocycles. The molecular weight excluding hydrogens is 343 g/mol. The predicted molar refractivity (Wildman–Crippen MR) is 82.2 cm³/mol. The summed E-state index contributed by atoms with van der Waals surface area (Å²) in [4.78, 5) is 26.1. The average molecular weight is 361 g/mol. The summed E-state index contributed by atoms with van der Waals surface area (Å²) in [5.41, 5.74) is -1.47. The van der Waals surface area contributed by atoms with E-state index in [1.165, 1.54) is 11.3 Å². The van der Waals surface area contributed by atoms with Crippen LogP contribution in [-0.2, 0) is 17.6 Å². The van der Waals surface area contributed by atoms with Crippen LogP contribution >= 0.6 is 11.3 Å². The molecule has 1 saturated heterocycles. The Balaban J connectivity index is 1.84. The first-order valence-electron chi connectivity index (χ1n) is 7.84. The molecule has 1 aromatic rings. The Morgan fingerprint density at radius 3 is 2.71 bits per heavy atom. The van der Waals surface area contributed by atoms with Crippen molar-refractivity contribution in [3.05, 3.63) is 21.4 Å². The van der Waals surface area contributed by atoms with E-state index in [-0.39, 0.29) is 6.54 Å². The van der Waals surface area contributed by atoms with E-state index in [0.29, 0.717) is 11.5 Å². The van der Waals surface area contributed by atoms with Crippen LogP contribution in [0.3, 0.4) is 0 Å². The number of likely N-dealkylation sites (tertiary alicyclic amines) is 1. The van der Waals surface area contributed by atoms with Crippen molar-refractivity contribution in [3.8, 4) is 0 Å². The number of aliphatic carboxylic acids is 1. The summed E-state index contributed by atoms with van der Waals surface area (Å²) in [7, 11) is 0. The summed E-state index contributed by atoms with van der Waals surface area (Å²) < 4.78 is 39.7. The minimum absolute atomic E-state index is 0.189. The molecule has 2 aliphatic rings. The first kappa shape index (κ1) is 17.3. The maximum Gasteiger partial charge on any atom is 0.406 e. The molecule has 2 heterocycles. The van der Waals surface area contributed by atoms with E-state index in [0.717, 1.165) is 34.6 Å². The largest absolute Gasteiger partial charge is 0.481 e. The van der Waals surface area contributed by atoms with E-state index in [9.17, 15) is 22.8 Å². The van der Waals surface area contributed by atoms with Gasteiger partial charge in [-0.05, 0) is 37.2 Å². The SMILES string of the molecule is CC1CCc2c(C(=O)N3CCC(C(=O)O)(C(F)(F)F)C3)csc2C1. The molecule has 1 fully saturated rings. The Hall–Kier alpha value is -1.57. The normalized spacial score (nSPS) is 27.2. The number of carbonyl (C=O) groups is 2. The van der Waals surface area contributed by atoms with Crippen LogP contribution in [0.25, 0.3) is 0 Å². The molecule has 1 amide bonds. The van der Waals surface area contributed by atoms with E-state index in [1.807, 2.05) is 0 Å². The van der Waals surface area contributed by atoms with Crippen molar-refractivity contribution in [2.24, 2.45) is 11.3 Å². The molecule has 1 N–H and O–H groups in total. The lowest BCUT2D eigenvalue weighted by Gasteiger charge is -2.27. The van der Waals surface area contributed by atoms with Crippen molar-refractivity contribution in [1.82, 2.24) is 4.90 Å². The second kappa shape index (κ2) is 5.75. The number of rotatable bonds is 2. The summed E-state index contributed by atoms with van der Waals surface area (Å²) in [6.45, 7) is 1.13. The highest BCUT2D eigenvalue weighted by molar-refractivity contribution is 7.10. The minimum Gasteiger partial charge on any atom is -0.481 e. The van der Waals surface area contributed by atoms with E-state index >= 15 is 0 Å². The molecule has 1 aliphatic carbocycles. The lowest BCUT2D eigenvalue weighted by atomic mass is 9.86. The molecule has 0 radical (unpaired) electrons. The van der Waals surface area contributed by atoms with E-state index in [2.05, 4.69) is 6.92 Å². The number of halogens is 3. The molecular formula is C16H18F3NO3S. The van der Waals surface area contributed by atoms with Gasteiger partial charge < -0.3 is 10.0 Å². The van der Waals surface area contributed by atoms with Crippen LogP contribution in [0.2, 0.25) is 0 Å². The third-order valence-corrected chi connectivity index (χ3v) is 6.19. The van der Waals surface area contributed by atoms with Gasteiger partial charge in [0.25, 0.3) is 5.91 Å². The van der Waals surface area contributed by atoms with Gasteiger partial charge in [0, 0.05) is 23.3 Å². The third kappa shape index (κ3) is 2.60. The highest BCUT2D eigenvalue weighted by Crippen LogP contribution is 2.46. The highest BCUT2D eigenvalue weighted by Gasteiger charge is 2.64. The molecule has 2 atom stereocenters. The van der Waals surface area contributed by atoms with Crippen LogP contribution in [0, 0.1) is 11.3 Å². The first-order chi connectivity index (χ1) is 11.2. The number of hydrogen-bond acceptors (Lipinski definition) is 3. The van der Waals surface area contributed by atoms with Crippen molar-refractivity contribution >= 4 is 23.2 Å². The van der Waals surface area contributed by atoms with E-state index in [1.54, 1.807) is 5.38 Å². The van der Waals surface area contributed by atoms with Gasteiger partial charge in [-0.3, -0.25) is 9.59 Å². The number of alkyl halides is 3. The fraction of sp³-hybridized carbons (Fsp3) is 0.625. The summed E-state index contributed by atoms with van der Waals surface area (Å²) in [5.74, 6) is -1.85.